The Kier molecular flexibility index (Phi) is 5.06. The third-order valence-corrected chi connectivity index (χ3v) is 3.76. The molecule has 2 rings (SSSR count). The van der Waals surface area contributed by atoms with Crippen molar-refractivity contribution in [3.05, 3.63) is 47.5 Å². The van der Waals surface area contributed by atoms with Crippen molar-refractivity contribution in [3.63, 3.8) is 0 Å². The van der Waals surface area contributed by atoms with E-state index in [4.69, 9.17) is 0 Å². The predicted molar refractivity (Wildman–Crippen MR) is 78.1 cm³/mol. The molecule has 0 aromatic heterocycles. The maximum atomic E-state index is 13.3. The molecule has 1 atom stereocenters. The monoisotopic (exact) mass is 298 g/mol. The lowest BCUT2D eigenvalue weighted by molar-refractivity contribution is -0.138. The zero-order chi connectivity index (χ0) is 15.5. The number of piperazine rings is 1. The molecule has 21 heavy (non-hydrogen) atoms. The van der Waals surface area contributed by atoms with Gasteiger partial charge in [-0.05, 0) is 25.0 Å². The summed E-state index contributed by atoms with van der Waals surface area (Å²) < 4.78 is 39.8. The lowest BCUT2D eigenvalue weighted by Gasteiger charge is -2.36. The molecule has 1 aromatic rings. The summed E-state index contributed by atoms with van der Waals surface area (Å²) in [5, 5.41) is 3.23. The molecule has 0 amide bonds. The van der Waals surface area contributed by atoms with E-state index in [0.29, 0.717) is 12.0 Å². The van der Waals surface area contributed by atoms with Crippen LogP contribution in [0.15, 0.2) is 36.4 Å². The highest BCUT2D eigenvalue weighted by molar-refractivity contribution is 5.33. The van der Waals surface area contributed by atoms with Gasteiger partial charge in [0.05, 0.1) is 5.56 Å². The summed E-state index contributed by atoms with van der Waals surface area (Å²) in [5.74, 6) is 0. The predicted octanol–water partition coefficient (Wildman–Crippen LogP) is 3.62. The zero-order valence-corrected chi connectivity index (χ0v) is 12.2. The number of halogens is 3. The highest BCUT2D eigenvalue weighted by Gasteiger charge is 2.36. The van der Waals surface area contributed by atoms with Gasteiger partial charge in [-0.1, -0.05) is 23.8 Å². The molecule has 0 radical (unpaired) electrons. The van der Waals surface area contributed by atoms with Gasteiger partial charge in [-0.25, -0.2) is 0 Å². The summed E-state index contributed by atoms with van der Waals surface area (Å²) >= 11 is 0. The third kappa shape index (κ3) is 4.08. The summed E-state index contributed by atoms with van der Waals surface area (Å²) in [6, 6.07) is 5.63. The van der Waals surface area contributed by atoms with E-state index in [0.717, 1.165) is 31.8 Å². The lowest BCUT2D eigenvalue weighted by atomic mass is 9.93. The Labute approximate surface area is 123 Å². The van der Waals surface area contributed by atoms with Crippen molar-refractivity contribution < 1.29 is 13.2 Å². The molecule has 1 fully saturated rings. The van der Waals surface area contributed by atoms with Gasteiger partial charge in [0.15, 0.2) is 0 Å². The van der Waals surface area contributed by atoms with Gasteiger partial charge in [0.25, 0.3) is 0 Å². The Morgan fingerprint density at radius 2 is 1.90 bits per heavy atom. The summed E-state index contributed by atoms with van der Waals surface area (Å²) in [7, 11) is 0. The second kappa shape index (κ2) is 6.62. The molecule has 1 aromatic carbocycles. The zero-order valence-electron chi connectivity index (χ0n) is 12.2. The Bertz CT molecular complexity index is 491. The van der Waals surface area contributed by atoms with Gasteiger partial charge < -0.3 is 5.32 Å². The smallest absolute Gasteiger partial charge is 0.314 e. The lowest BCUT2D eigenvalue weighted by Crippen LogP contribution is -2.45. The summed E-state index contributed by atoms with van der Waals surface area (Å²) in [4.78, 5) is 2.12. The minimum Gasteiger partial charge on any atom is -0.314 e. The molecule has 1 N–H and O–H groups in total. The van der Waals surface area contributed by atoms with Crippen LogP contribution in [0.25, 0.3) is 0 Å². The molecule has 0 spiro atoms. The number of nitrogens with one attached hydrogen (secondary N) is 1. The average Bonchev–Trinajstić information content (AvgIpc) is 2.44. The summed E-state index contributed by atoms with van der Waals surface area (Å²) in [5.41, 5.74) is 0.722. The van der Waals surface area contributed by atoms with Crippen LogP contribution in [0.3, 0.4) is 0 Å². The molecular weight excluding hydrogens is 277 g/mol. The van der Waals surface area contributed by atoms with Gasteiger partial charge in [-0.3, -0.25) is 4.90 Å². The van der Waals surface area contributed by atoms with Gasteiger partial charge in [0, 0.05) is 32.2 Å². The van der Waals surface area contributed by atoms with Crippen molar-refractivity contribution in [2.24, 2.45) is 0 Å². The minimum atomic E-state index is -4.32. The molecule has 5 heteroatoms. The topological polar surface area (TPSA) is 15.3 Å². The maximum absolute atomic E-state index is 13.3. The van der Waals surface area contributed by atoms with E-state index in [-0.39, 0.29) is 6.04 Å². The van der Waals surface area contributed by atoms with Gasteiger partial charge in [0.1, 0.15) is 0 Å². The number of hydrogen-bond acceptors (Lipinski definition) is 2. The van der Waals surface area contributed by atoms with Crippen LogP contribution in [0.1, 0.15) is 30.5 Å². The Balaban J connectivity index is 2.38. The molecule has 0 saturated carbocycles. The first kappa shape index (κ1) is 16.0. The highest BCUT2D eigenvalue weighted by atomic mass is 19.4. The van der Waals surface area contributed by atoms with Crippen LogP contribution in [-0.2, 0) is 6.18 Å². The van der Waals surface area contributed by atoms with Crippen molar-refractivity contribution in [3.8, 4) is 0 Å². The molecule has 0 bridgehead atoms. The van der Waals surface area contributed by atoms with Crippen LogP contribution in [0, 0.1) is 0 Å². The van der Waals surface area contributed by atoms with Crippen molar-refractivity contribution >= 4 is 0 Å². The fourth-order valence-corrected chi connectivity index (χ4v) is 2.81. The van der Waals surface area contributed by atoms with Crippen LogP contribution in [0.4, 0.5) is 13.2 Å². The first-order valence-corrected chi connectivity index (χ1v) is 7.15. The fraction of sp³-hybridized carbons (Fsp3) is 0.500. The van der Waals surface area contributed by atoms with Crippen LogP contribution in [-0.4, -0.2) is 31.1 Å². The normalized spacial score (nSPS) is 18.5. The van der Waals surface area contributed by atoms with Gasteiger partial charge in [-0.15, -0.1) is 6.58 Å². The Hall–Kier alpha value is -1.33. The molecular formula is C16H21F3N2. The van der Waals surface area contributed by atoms with E-state index in [1.165, 1.54) is 12.1 Å². The fourth-order valence-electron chi connectivity index (χ4n) is 2.81. The molecule has 116 valence electrons. The number of alkyl halides is 3. The van der Waals surface area contributed by atoms with E-state index in [1.54, 1.807) is 12.1 Å². The largest absolute Gasteiger partial charge is 0.416 e. The molecule has 1 aliphatic rings. The van der Waals surface area contributed by atoms with Gasteiger partial charge >= 0.3 is 6.18 Å². The van der Waals surface area contributed by atoms with Gasteiger partial charge in [0.2, 0.25) is 0 Å². The third-order valence-electron chi connectivity index (χ3n) is 3.76. The molecule has 2 nitrogen and oxygen atoms in total. The maximum Gasteiger partial charge on any atom is 0.416 e. The van der Waals surface area contributed by atoms with E-state index >= 15 is 0 Å². The quantitative estimate of drug-likeness (QED) is 0.854. The van der Waals surface area contributed by atoms with Crippen LogP contribution >= 0.6 is 0 Å². The van der Waals surface area contributed by atoms with Crippen LogP contribution in [0.5, 0.6) is 0 Å². The van der Waals surface area contributed by atoms with Crippen LogP contribution in [0.2, 0.25) is 0 Å². The Morgan fingerprint density at radius 1 is 1.29 bits per heavy atom. The van der Waals surface area contributed by atoms with E-state index < -0.39 is 11.7 Å². The first-order chi connectivity index (χ1) is 9.89. The highest BCUT2D eigenvalue weighted by Crippen LogP contribution is 2.38. The molecule has 0 aliphatic carbocycles. The summed E-state index contributed by atoms with van der Waals surface area (Å²) in [6.07, 6.45) is -3.77. The van der Waals surface area contributed by atoms with E-state index in [1.807, 2.05) is 6.92 Å². The second-order valence-corrected chi connectivity index (χ2v) is 5.55. The second-order valence-electron chi connectivity index (χ2n) is 5.55. The van der Waals surface area contributed by atoms with Crippen molar-refractivity contribution in [2.45, 2.75) is 25.6 Å². The number of hydrogen-bond donors (Lipinski definition) is 1. The molecule has 1 heterocycles. The SMILES string of the molecule is C=C(C)C[C@H](c1ccccc1C(F)(F)F)N1CCNCC1. The number of benzene rings is 1. The Morgan fingerprint density at radius 3 is 2.48 bits per heavy atom. The van der Waals surface area contributed by atoms with E-state index in [2.05, 4.69) is 16.8 Å². The van der Waals surface area contributed by atoms with Crippen molar-refractivity contribution in [1.29, 1.82) is 0 Å². The van der Waals surface area contributed by atoms with Gasteiger partial charge in [-0.2, -0.15) is 13.2 Å². The standard InChI is InChI=1S/C16H21F3N2/c1-12(2)11-15(21-9-7-20-8-10-21)13-5-3-4-6-14(13)16(17,18)19/h3-6,15,20H,1,7-11H2,2H3/t15-/m1/s1. The van der Waals surface area contributed by atoms with E-state index in [9.17, 15) is 13.2 Å². The average molecular weight is 298 g/mol. The number of nitrogens with zero attached hydrogens (tertiary/aromatic N) is 1. The molecule has 1 saturated heterocycles. The van der Waals surface area contributed by atoms with Crippen LogP contribution < -0.4 is 5.32 Å². The first-order valence-electron chi connectivity index (χ1n) is 7.15. The number of rotatable bonds is 4. The minimum absolute atomic E-state index is 0.262. The summed E-state index contributed by atoms with van der Waals surface area (Å²) in [6.45, 7) is 8.87. The van der Waals surface area contributed by atoms with Crippen molar-refractivity contribution in [1.82, 2.24) is 10.2 Å². The molecule has 1 aliphatic heterocycles. The molecule has 0 unspecified atom stereocenters. The van der Waals surface area contributed by atoms with Crippen molar-refractivity contribution in [2.75, 3.05) is 26.2 Å².